The first-order valence-electron chi connectivity index (χ1n) is 7.48. The number of halogens is 1. The van der Waals surface area contributed by atoms with Gasteiger partial charge in [0.25, 0.3) is 0 Å². The van der Waals surface area contributed by atoms with Crippen LogP contribution >= 0.6 is 15.9 Å². The molecule has 4 heteroatoms. The molecule has 1 amide bonds. The molecule has 0 saturated heterocycles. The number of aryl methyl sites for hydroxylation is 1. The Labute approximate surface area is 139 Å². The average Bonchev–Trinajstić information content (AvgIpc) is 2.94. The molecule has 2 aromatic carbocycles. The van der Waals surface area contributed by atoms with Gasteiger partial charge in [0, 0.05) is 22.4 Å². The molecule has 0 saturated carbocycles. The number of para-hydroxylation sites is 1. The quantitative estimate of drug-likeness (QED) is 0.893. The minimum Gasteiger partial charge on any atom is -0.374 e. The van der Waals surface area contributed by atoms with Gasteiger partial charge in [0.15, 0.2) is 0 Å². The molecule has 1 N–H and O–H groups in total. The fourth-order valence-electron chi connectivity index (χ4n) is 2.85. The Morgan fingerprint density at radius 2 is 2.05 bits per heavy atom. The van der Waals surface area contributed by atoms with E-state index in [-0.39, 0.29) is 11.9 Å². The summed E-state index contributed by atoms with van der Waals surface area (Å²) in [7, 11) is 0. The molecule has 0 spiro atoms. The lowest BCUT2D eigenvalue weighted by atomic mass is 10.1. The first-order valence-corrected chi connectivity index (χ1v) is 8.27. The normalized spacial score (nSPS) is 14.6. The van der Waals surface area contributed by atoms with Gasteiger partial charge in [0.1, 0.15) is 6.04 Å². The van der Waals surface area contributed by atoms with Crippen LogP contribution in [0.3, 0.4) is 0 Å². The Kier molecular flexibility index (Phi) is 4.21. The molecular weight excluding hydrogens is 340 g/mol. The van der Waals surface area contributed by atoms with Crippen molar-refractivity contribution in [3.05, 3.63) is 58.1 Å². The number of nitrogens with one attached hydrogen (secondary N) is 1. The molecule has 1 heterocycles. The molecule has 0 fully saturated rings. The Morgan fingerprint density at radius 3 is 2.82 bits per heavy atom. The van der Waals surface area contributed by atoms with Gasteiger partial charge in [-0.1, -0.05) is 34.1 Å². The second-order valence-corrected chi connectivity index (χ2v) is 6.55. The van der Waals surface area contributed by atoms with Crippen LogP contribution in [0, 0.1) is 6.92 Å². The van der Waals surface area contributed by atoms with Crippen LogP contribution in [0.5, 0.6) is 0 Å². The van der Waals surface area contributed by atoms with E-state index in [4.69, 9.17) is 0 Å². The number of hydrogen-bond donors (Lipinski definition) is 1. The Balaban J connectivity index is 1.74. The largest absolute Gasteiger partial charge is 0.374 e. The molecule has 3 rings (SSSR count). The number of fused-ring (bicyclic) bond motifs is 1. The van der Waals surface area contributed by atoms with Crippen molar-refractivity contribution in [2.45, 2.75) is 26.3 Å². The summed E-state index contributed by atoms with van der Waals surface area (Å²) in [6.07, 6.45) is 0.937. The maximum Gasteiger partial charge on any atom is 0.249 e. The van der Waals surface area contributed by atoms with Crippen LogP contribution in [-0.4, -0.2) is 18.5 Å². The van der Waals surface area contributed by atoms with Gasteiger partial charge in [0.05, 0.1) is 0 Å². The number of carbonyl (C=O) groups excluding carboxylic acids is 1. The number of carbonyl (C=O) groups is 1. The van der Waals surface area contributed by atoms with Crippen molar-refractivity contribution in [3.8, 4) is 0 Å². The van der Waals surface area contributed by atoms with E-state index in [1.54, 1.807) is 0 Å². The summed E-state index contributed by atoms with van der Waals surface area (Å²) in [5.74, 6) is 0.116. The number of rotatable bonds is 3. The summed E-state index contributed by atoms with van der Waals surface area (Å²) < 4.78 is 1.07. The zero-order chi connectivity index (χ0) is 15.7. The first kappa shape index (κ1) is 15.1. The Morgan fingerprint density at radius 1 is 1.27 bits per heavy atom. The van der Waals surface area contributed by atoms with E-state index in [0.717, 1.165) is 34.4 Å². The van der Waals surface area contributed by atoms with E-state index >= 15 is 0 Å². The van der Waals surface area contributed by atoms with Crippen molar-refractivity contribution < 1.29 is 4.79 Å². The molecule has 1 unspecified atom stereocenters. The van der Waals surface area contributed by atoms with Crippen molar-refractivity contribution in [1.29, 1.82) is 0 Å². The molecule has 0 aromatic heterocycles. The maximum atomic E-state index is 12.7. The van der Waals surface area contributed by atoms with Gasteiger partial charge in [0.2, 0.25) is 5.91 Å². The predicted octanol–water partition coefficient (Wildman–Crippen LogP) is 4.15. The molecule has 0 radical (unpaired) electrons. The van der Waals surface area contributed by atoms with Crippen LogP contribution in [0.2, 0.25) is 0 Å². The zero-order valence-electron chi connectivity index (χ0n) is 12.8. The maximum absolute atomic E-state index is 12.7. The summed E-state index contributed by atoms with van der Waals surface area (Å²) in [5, 5.41) is 3.31. The minimum atomic E-state index is -0.258. The van der Waals surface area contributed by atoms with Crippen LogP contribution in [0.25, 0.3) is 0 Å². The van der Waals surface area contributed by atoms with E-state index in [9.17, 15) is 4.79 Å². The molecule has 114 valence electrons. The van der Waals surface area contributed by atoms with Crippen LogP contribution in [0.1, 0.15) is 18.1 Å². The van der Waals surface area contributed by atoms with Crippen LogP contribution in [0.15, 0.2) is 46.9 Å². The third-order valence-electron chi connectivity index (χ3n) is 4.06. The highest BCUT2D eigenvalue weighted by Gasteiger charge is 2.27. The van der Waals surface area contributed by atoms with Crippen molar-refractivity contribution in [3.63, 3.8) is 0 Å². The predicted molar refractivity (Wildman–Crippen MR) is 94.5 cm³/mol. The number of amides is 1. The van der Waals surface area contributed by atoms with E-state index in [2.05, 4.69) is 27.3 Å². The van der Waals surface area contributed by atoms with E-state index < -0.39 is 0 Å². The lowest BCUT2D eigenvalue weighted by molar-refractivity contribution is -0.118. The molecule has 2 aromatic rings. The Hall–Kier alpha value is -1.81. The topological polar surface area (TPSA) is 32.3 Å². The molecule has 0 aliphatic carbocycles. The van der Waals surface area contributed by atoms with Gasteiger partial charge in [-0.05, 0) is 55.7 Å². The molecular formula is C18H19BrN2O. The van der Waals surface area contributed by atoms with Crippen LogP contribution in [0.4, 0.5) is 11.4 Å². The fourth-order valence-corrected chi connectivity index (χ4v) is 3.09. The highest BCUT2D eigenvalue weighted by Crippen LogP contribution is 2.28. The summed E-state index contributed by atoms with van der Waals surface area (Å²) >= 11 is 3.49. The summed E-state index contributed by atoms with van der Waals surface area (Å²) in [4.78, 5) is 14.6. The minimum absolute atomic E-state index is 0.116. The lowest BCUT2D eigenvalue weighted by Crippen LogP contribution is -2.40. The Bertz CT molecular complexity index is 714. The molecule has 1 aliphatic rings. The SMILES string of the molecule is Cc1cc(NC(C)C(=O)N2CCc3ccccc32)ccc1Br. The molecule has 3 nitrogen and oxygen atoms in total. The second kappa shape index (κ2) is 6.13. The number of hydrogen-bond acceptors (Lipinski definition) is 2. The van der Waals surface area contributed by atoms with Crippen molar-refractivity contribution in [2.75, 3.05) is 16.8 Å². The standard InChI is InChI=1S/C18H19BrN2O/c1-12-11-15(7-8-16(12)19)20-13(2)18(22)21-10-9-14-5-3-4-6-17(14)21/h3-8,11,13,20H,9-10H2,1-2H3. The smallest absolute Gasteiger partial charge is 0.249 e. The van der Waals surface area contributed by atoms with Crippen LogP contribution in [-0.2, 0) is 11.2 Å². The molecule has 0 bridgehead atoms. The monoisotopic (exact) mass is 358 g/mol. The number of nitrogens with zero attached hydrogens (tertiary/aromatic N) is 1. The zero-order valence-corrected chi connectivity index (χ0v) is 14.4. The summed E-state index contributed by atoms with van der Waals surface area (Å²) in [6.45, 7) is 4.72. The summed E-state index contributed by atoms with van der Waals surface area (Å²) in [5.41, 5.74) is 4.42. The van der Waals surface area contributed by atoms with E-state index in [1.807, 2.05) is 55.1 Å². The van der Waals surface area contributed by atoms with E-state index in [1.165, 1.54) is 5.56 Å². The second-order valence-electron chi connectivity index (χ2n) is 5.70. The van der Waals surface area contributed by atoms with Crippen molar-refractivity contribution >= 4 is 33.2 Å². The van der Waals surface area contributed by atoms with Crippen LogP contribution < -0.4 is 10.2 Å². The first-order chi connectivity index (χ1) is 10.6. The molecule has 22 heavy (non-hydrogen) atoms. The van der Waals surface area contributed by atoms with Gasteiger partial charge >= 0.3 is 0 Å². The van der Waals surface area contributed by atoms with Crippen molar-refractivity contribution in [2.24, 2.45) is 0 Å². The number of benzene rings is 2. The number of anilines is 2. The van der Waals surface area contributed by atoms with E-state index in [0.29, 0.717) is 0 Å². The highest BCUT2D eigenvalue weighted by molar-refractivity contribution is 9.10. The van der Waals surface area contributed by atoms with Gasteiger partial charge < -0.3 is 10.2 Å². The van der Waals surface area contributed by atoms with Gasteiger partial charge in [-0.25, -0.2) is 0 Å². The third kappa shape index (κ3) is 2.88. The molecule has 1 atom stereocenters. The van der Waals surface area contributed by atoms with Gasteiger partial charge in [-0.15, -0.1) is 0 Å². The van der Waals surface area contributed by atoms with Gasteiger partial charge in [-0.2, -0.15) is 0 Å². The molecule has 1 aliphatic heterocycles. The third-order valence-corrected chi connectivity index (χ3v) is 4.95. The highest BCUT2D eigenvalue weighted by atomic mass is 79.9. The van der Waals surface area contributed by atoms with Gasteiger partial charge in [-0.3, -0.25) is 4.79 Å². The van der Waals surface area contributed by atoms with Crippen molar-refractivity contribution in [1.82, 2.24) is 0 Å². The lowest BCUT2D eigenvalue weighted by Gasteiger charge is -2.23. The fraction of sp³-hybridized carbons (Fsp3) is 0.278. The summed E-state index contributed by atoms with van der Waals surface area (Å²) in [6, 6.07) is 13.9. The average molecular weight is 359 g/mol.